The largest absolute Gasteiger partial charge is 1.00 e. The van der Waals surface area contributed by atoms with Crippen LogP contribution in [0.2, 0.25) is 0 Å². The number of halogens is 2. The van der Waals surface area contributed by atoms with Crippen molar-refractivity contribution >= 4 is 0 Å². The molecule has 0 amide bonds. The first kappa shape index (κ1) is 15.4. The van der Waals surface area contributed by atoms with E-state index in [1.54, 1.807) is 6.07 Å². The smallest absolute Gasteiger partial charge is 0.289 e. The fraction of sp³-hybridized carbons (Fsp3) is 0.182. The second-order valence-corrected chi connectivity index (χ2v) is 3.45. The minimum absolute atomic E-state index is 0. The number of nitrogens with zero attached hydrogens (tertiary/aromatic N) is 4. The van der Waals surface area contributed by atoms with Crippen LogP contribution >= 0.6 is 0 Å². The van der Waals surface area contributed by atoms with E-state index in [1.807, 2.05) is 57.9 Å². The Hall–Kier alpha value is -1.57. The number of aryl methyl sites for hydroxylation is 1. The summed E-state index contributed by atoms with van der Waals surface area (Å²) in [5, 5.41) is 8.76. The van der Waals surface area contributed by atoms with Gasteiger partial charge < -0.3 is 24.8 Å². The van der Waals surface area contributed by atoms with Gasteiger partial charge in [0.15, 0.2) is 12.4 Å². The van der Waals surface area contributed by atoms with Crippen molar-refractivity contribution in [3.05, 3.63) is 48.8 Å². The van der Waals surface area contributed by atoms with Crippen molar-refractivity contribution < 1.29 is 33.9 Å². The van der Waals surface area contributed by atoms with Crippen molar-refractivity contribution in [1.82, 2.24) is 4.57 Å². The van der Waals surface area contributed by atoms with E-state index in [0.29, 0.717) is 5.56 Å². The minimum Gasteiger partial charge on any atom is -1.00 e. The fourth-order valence-corrected chi connectivity index (χ4v) is 1.45. The Bertz CT molecular complexity index is 516. The molecule has 0 unspecified atom stereocenters. The first-order valence-corrected chi connectivity index (χ1v) is 4.68. The summed E-state index contributed by atoms with van der Waals surface area (Å²) >= 11 is 0. The Morgan fingerprint density at radius 1 is 1.35 bits per heavy atom. The molecule has 0 bridgehead atoms. The third kappa shape index (κ3) is 4.06. The Morgan fingerprint density at radius 3 is 2.71 bits per heavy atom. The van der Waals surface area contributed by atoms with Crippen LogP contribution in [0.25, 0.3) is 0 Å². The molecular formula is C11H12Cl2N4. The molecule has 2 rings (SSSR count). The quantitative estimate of drug-likeness (QED) is 0.501. The van der Waals surface area contributed by atoms with E-state index in [4.69, 9.17) is 5.26 Å². The maximum atomic E-state index is 8.76. The van der Waals surface area contributed by atoms with Crippen LogP contribution in [0.5, 0.6) is 0 Å². The maximum absolute atomic E-state index is 8.76. The van der Waals surface area contributed by atoms with E-state index in [-0.39, 0.29) is 24.8 Å². The van der Waals surface area contributed by atoms with Crippen molar-refractivity contribution in [2.45, 2.75) is 6.67 Å². The molecule has 0 radical (unpaired) electrons. The van der Waals surface area contributed by atoms with E-state index in [9.17, 15) is 0 Å². The molecule has 0 aliphatic rings. The topological polar surface area (TPSA) is 36.5 Å². The SMILES string of the molecule is C[n+]1ccn(C[n+]2cccc(C#N)c2)c1.[Cl-].[Cl-]. The second-order valence-electron chi connectivity index (χ2n) is 3.45. The van der Waals surface area contributed by atoms with Crippen LogP contribution in [0.15, 0.2) is 43.2 Å². The number of nitriles is 1. The van der Waals surface area contributed by atoms with Crippen molar-refractivity contribution in [2.24, 2.45) is 7.05 Å². The molecule has 90 valence electrons. The third-order valence-electron chi connectivity index (χ3n) is 2.14. The van der Waals surface area contributed by atoms with E-state index < -0.39 is 0 Å². The molecule has 2 aromatic heterocycles. The Kier molecular flexibility index (Phi) is 6.26. The number of pyridine rings is 1. The highest BCUT2D eigenvalue weighted by Gasteiger charge is 2.07. The number of imidazole rings is 1. The molecule has 0 fully saturated rings. The van der Waals surface area contributed by atoms with Crippen LogP contribution in [0.3, 0.4) is 0 Å². The molecule has 0 aliphatic carbocycles. The van der Waals surface area contributed by atoms with Gasteiger partial charge in [-0.15, -0.1) is 0 Å². The lowest BCUT2D eigenvalue weighted by Crippen LogP contribution is -3.00. The highest BCUT2D eigenvalue weighted by molar-refractivity contribution is 5.21. The molecule has 0 saturated heterocycles. The van der Waals surface area contributed by atoms with Crippen LogP contribution in [0.4, 0.5) is 0 Å². The van der Waals surface area contributed by atoms with Gasteiger partial charge in [-0.25, -0.2) is 4.57 Å². The summed E-state index contributed by atoms with van der Waals surface area (Å²) < 4.78 is 5.99. The number of rotatable bonds is 2. The highest BCUT2D eigenvalue weighted by atomic mass is 35.5. The molecular weight excluding hydrogens is 259 g/mol. The molecule has 4 nitrogen and oxygen atoms in total. The first-order chi connectivity index (χ1) is 7.28. The Morgan fingerprint density at radius 2 is 2.12 bits per heavy atom. The first-order valence-electron chi connectivity index (χ1n) is 4.68. The van der Waals surface area contributed by atoms with Gasteiger partial charge in [0, 0.05) is 6.07 Å². The zero-order valence-electron chi connectivity index (χ0n) is 9.29. The zero-order valence-corrected chi connectivity index (χ0v) is 10.8. The van der Waals surface area contributed by atoms with Crippen LogP contribution < -0.4 is 33.9 Å². The van der Waals surface area contributed by atoms with Gasteiger partial charge in [-0.1, -0.05) is 0 Å². The number of hydrogen-bond donors (Lipinski definition) is 0. The van der Waals surface area contributed by atoms with Gasteiger partial charge >= 0.3 is 0 Å². The summed E-state index contributed by atoms with van der Waals surface area (Å²) in [6.45, 7) is 0.719. The monoisotopic (exact) mass is 270 g/mol. The Labute approximate surface area is 113 Å². The van der Waals surface area contributed by atoms with E-state index >= 15 is 0 Å². The summed E-state index contributed by atoms with van der Waals surface area (Å²) in [6, 6.07) is 5.80. The fourth-order valence-electron chi connectivity index (χ4n) is 1.45. The average Bonchev–Trinajstić information content (AvgIpc) is 2.64. The van der Waals surface area contributed by atoms with Gasteiger partial charge in [-0.3, -0.25) is 0 Å². The third-order valence-corrected chi connectivity index (χ3v) is 2.14. The molecule has 0 aromatic carbocycles. The van der Waals surface area contributed by atoms with Gasteiger partial charge in [0.1, 0.15) is 24.0 Å². The second kappa shape index (κ2) is 6.89. The molecule has 2 aromatic rings. The average molecular weight is 271 g/mol. The van der Waals surface area contributed by atoms with Gasteiger partial charge in [0.25, 0.3) is 6.67 Å². The maximum Gasteiger partial charge on any atom is 0.289 e. The summed E-state index contributed by atoms with van der Waals surface area (Å²) in [5.74, 6) is 0. The van der Waals surface area contributed by atoms with Gasteiger partial charge in [-0.05, 0) is 6.07 Å². The summed E-state index contributed by atoms with van der Waals surface area (Å²) in [4.78, 5) is 0. The Balaban J connectivity index is 0.00000128. The van der Waals surface area contributed by atoms with Gasteiger partial charge in [0.05, 0.1) is 7.05 Å². The molecule has 0 N–H and O–H groups in total. The summed E-state index contributed by atoms with van der Waals surface area (Å²) in [6.07, 6.45) is 9.74. The number of hydrogen-bond acceptors (Lipinski definition) is 1. The summed E-state index contributed by atoms with van der Waals surface area (Å²) in [7, 11) is 1.98. The van der Waals surface area contributed by atoms with Crippen LogP contribution in [0, 0.1) is 11.3 Å². The van der Waals surface area contributed by atoms with Crippen molar-refractivity contribution in [3.63, 3.8) is 0 Å². The summed E-state index contributed by atoms with van der Waals surface area (Å²) in [5.41, 5.74) is 0.675. The van der Waals surface area contributed by atoms with Crippen LogP contribution in [-0.2, 0) is 13.7 Å². The molecule has 0 saturated carbocycles. The molecule has 6 heteroatoms. The predicted octanol–water partition coefficient (Wildman–Crippen LogP) is -6.01. The lowest BCUT2D eigenvalue weighted by molar-refractivity contribution is -0.707. The molecule has 0 atom stereocenters. The standard InChI is InChI=1S/C11H12N4.2ClH/c1-13-5-6-15(9-13)10-14-4-2-3-11(7-12)8-14;;/h2-6,8-9H,10H2,1H3;2*1H/q+2;;/p-2. The molecule has 0 spiro atoms. The number of aromatic nitrogens is 3. The van der Waals surface area contributed by atoms with Crippen molar-refractivity contribution in [3.8, 4) is 6.07 Å². The highest BCUT2D eigenvalue weighted by Crippen LogP contribution is 1.90. The molecule has 2 heterocycles. The molecule has 0 aliphatic heterocycles. The zero-order chi connectivity index (χ0) is 10.7. The van der Waals surface area contributed by atoms with Crippen LogP contribution in [-0.4, -0.2) is 4.57 Å². The lowest BCUT2D eigenvalue weighted by atomic mass is 10.3. The van der Waals surface area contributed by atoms with E-state index in [2.05, 4.69) is 6.07 Å². The van der Waals surface area contributed by atoms with E-state index in [1.165, 1.54) is 0 Å². The predicted molar refractivity (Wildman–Crippen MR) is 52.4 cm³/mol. The van der Waals surface area contributed by atoms with Crippen molar-refractivity contribution in [1.29, 1.82) is 5.26 Å². The minimum atomic E-state index is 0. The van der Waals surface area contributed by atoms with E-state index in [0.717, 1.165) is 6.67 Å². The lowest BCUT2D eigenvalue weighted by Gasteiger charge is -1.92. The van der Waals surface area contributed by atoms with Crippen molar-refractivity contribution in [2.75, 3.05) is 0 Å². The molecule has 17 heavy (non-hydrogen) atoms. The van der Waals surface area contributed by atoms with Crippen LogP contribution in [0.1, 0.15) is 5.56 Å². The van der Waals surface area contributed by atoms with Gasteiger partial charge in [0.2, 0.25) is 6.33 Å². The normalized spacial score (nSPS) is 8.71. The van der Waals surface area contributed by atoms with Gasteiger partial charge in [-0.2, -0.15) is 14.4 Å².